The molecule has 1 amide bonds. The molecule has 0 aliphatic heterocycles. The fourth-order valence-corrected chi connectivity index (χ4v) is 4.44. The standard InChI is InChI=1S/C19H19ClN2O5S2/c1-4-7-27-17-13(20)8-11(9-15(17)26-2)18(23)22-19-21-14-6-5-12(29(3,24)25)10-16(14)28-19/h5-6,8-10H,4,7H2,1-3H3,(H,21,22,23). The summed E-state index contributed by atoms with van der Waals surface area (Å²) in [6.45, 7) is 2.45. The van der Waals surface area contributed by atoms with E-state index in [2.05, 4.69) is 10.3 Å². The van der Waals surface area contributed by atoms with E-state index in [0.29, 0.717) is 33.5 Å². The highest BCUT2D eigenvalue weighted by atomic mass is 35.5. The van der Waals surface area contributed by atoms with Gasteiger partial charge in [-0.25, -0.2) is 13.4 Å². The van der Waals surface area contributed by atoms with Gasteiger partial charge in [-0.2, -0.15) is 0 Å². The van der Waals surface area contributed by atoms with Crippen molar-refractivity contribution in [3.05, 3.63) is 40.9 Å². The van der Waals surface area contributed by atoms with Crippen LogP contribution in [0.5, 0.6) is 11.5 Å². The van der Waals surface area contributed by atoms with Crippen LogP contribution in [-0.2, 0) is 9.84 Å². The number of halogens is 1. The van der Waals surface area contributed by atoms with E-state index in [1.165, 1.54) is 36.6 Å². The Labute approximate surface area is 177 Å². The van der Waals surface area contributed by atoms with Gasteiger partial charge in [0.05, 0.1) is 33.9 Å². The summed E-state index contributed by atoms with van der Waals surface area (Å²) in [5.74, 6) is 0.327. The lowest BCUT2D eigenvalue weighted by atomic mass is 10.2. The van der Waals surface area contributed by atoms with E-state index >= 15 is 0 Å². The second kappa shape index (κ2) is 8.56. The number of sulfone groups is 1. The Kier molecular flexibility index (Phi) is 6.30. The molecule has 0 aliphatic carbocycles. The van der Waals surface area contributed by atoms with Crippen LogP contribution in [0.15, 0.2) is 35.2 Å². The molecule has 1 N–H and O–H groups in total. The molecule has 10 heteroatoms. The number of hydrogen-bond donors (Lipinski definition) is 1. The maximum atomic E-state index is 12.7. The van der Waals surface area contributed by atoms with Crippen molar-refractivity contribution in [1.82, 2.24) is 4.98 Å². The number of methoxy groups -OCH3 is 1. The lowest BCUT2D eigenvalue weighted by Gasteiger charge is -2.13. The maximum absolute atomic E-state index is 12.7. The second-order valence-corrected chi connectivity index (χ2v) is 9.67. The molecule has 3 aromatic rings. The van der Waals surface area contributed by atoms with Gasteiger partial charge < -0.3 is 9.47 Å². The van der Waals surface area contributed by atoms with Crippen LogP contribution in [0.2, 0.25) is 5.02 Å². The highest BCUT2D eigenvalue weighted by Crippen LogP contribution is 2.37. The molecule has 2 aromatic carbocycles. The molecule has 154 valence electrons. The Bertz CT molecular complexity index is 1170. The summed E-state index contributed by atoms with van der Waals surface area (Å²) in [6.07, 6.45) is 1.95. The molecule has 0 saturated carbocycles. The van der Waals surface area contributed by atoms with Gasteiger partial charge in [0.2, 0.25) is 0 Å². The minimum Gasteiger partial charge on any atom is -0.493 e. The number of thiazole rings is 1. The largest absolute Gasteiger partial charge is 0.493 e. The van der Waals surface area contributed by atoms with Gasteiger partial charge in [0.1, 0.15) is 0 Å². The Morgan fingerprint density at radius 2 is 2.03 bits per heavy atom. The minimum absolute atomic E-state index is 0.200. The Hall–Kier alpha value is -2.36. The van der Waals surface area contributed by atoms with Gasteiger partial charge in [-0.1, -0.05) is 29.9 Å². The molecule has 7 nitrogen and oxygen atoms in total. The predicted molar refractivity (Wildman–Crippen MR) is 114 cm³/mol. The van der Waals surface area contributed by atoms with Gasteiger partial charge in [0.15, 0.2) is 26.5 Å². The lowest BCUT2D eigenvalue weighted by Crippen LogP contribution is -2.12. The number of benzene rings is 2. The zero-order valence-electron chi connectivity index (χ0n) is 16.0. The Morgan fingerprint density at radius 3 is 2.69 bits per heavy atom. The zero-order chi connectivity index (χ0) is 21.2. The number of anilines is 1. The van der Waals surface area contributed by atoms with Crippen molar-refractivity contribution in [1.29, 1.82) is 0 Å². The average molecular weight is 455 g/mol. The molecular formula is C19H19ClN2O5S2. The fraction of sp³-hybridized carbons (Fsp3) is 0.263. The second-order valence-electron chi connectivity index (χ2n) is 6.21. The molecule has 0 spiro atoms. The number of aromatic nitrogens is 1. The molecule has 0 atom stereocenters. The van der Waals surface area contributed by atoms with Crippen LogP contribution in [0.25, 0.3) is 10.2 Å². The zero-order valence-corrected chi connectivity index (χ0v) is 18.4. The monoisotopic (exact) mass is 454 g/mol. The van der Waals surface area contributed by atoms with Crippen molar-refractivity contribution < 1.29 is 22.7 Å². The van der Waals surface area contributed by atoms with Crippen molar-refractivity contribution >= 4 is 54.0 Å². The van der Waals surface area contributed by atoms with Crippen LogP contribution in [0.1, 0.15) is 23.7 Å². The van der Waals surface area contributed by atoms with Crippen LogP contribution in [0, 0.1) is 0 Å². The van der Waals surface area contributed by atoms with E-state index in [4.69, 9.17) is 21.1 Å². The quantitative estimate of drug-likeness (QED) is 0.568. The van der Waals surface area contributed by atoms with Gasteiger partial charge in [0, 0.05) is 11.8 Å². The van der Waals surface area contributed by atoms with E-state index in [-0.39, 0.29) is 15.5 Å². The number of rotatable bonds is 7. The summed E-state index contributed by atoms with van der Waals surface area (Å²) in [5, 5.41) is 3.32. The first-order valence-electron chi connectivity index (χ1n) is 8.65. The van der Waals surface area contributed by atoms with Gasteiger partial charge in [-0.05, 0) is 36.8 Å². The predicted octanol–water partition coefficient (Wildman–Crippen LogP) is 4.40. The van der Waals surface area contributed by atoms with Crippen molar-refractivity contribution in [2.45, 2.75) is 18.2 Å². The summed E-state index contributed by atoms with van der Waals surface area (Å²) in [5.41, 5.74) is 0.878. The first kappa shape index (κ1) is 21.4. The van der Waals surface area contributed by atoms with Crippen LogP contribution in [0.4, 0.5) is 5.13 Å². The summed E-state index contributed by atoms with van der Waals surface area (Å²) >= 11 is 7.45. The molecule has 0 fully saturated rings. The van der Waals surface area contributed by atoms with Crippen molar-refractivity contribution in [2.75, 3.05) is 25.3 Å². The highest BCUT2D eigenvalue weighted by Gasteiger charge is 2.18. The molecule has 0 radical (unpaired) electrons. The molecule has 0 aliphatic rings. The Morgan fingerprint density at radius 1 is 1.28 bits per heavy atom. The van der Waals surface area contributed by atoms with E-state index in [0.717, 1.165) is 12.7 Å². The third-order valence-electron chi connectivity index (χ3n) is 3.95. The summed E-state index contributed by atoms with van der Waals surface area (Å²) in [6, 6.07) is 7.68. The first-order valence-corrected chi connectivity index (χ1v) is 11.7. The molecular weight excluding hydrogens is 436 g/mol. The van der Waals surface area contributed by atoms with Gasteiger partial charge in [0.25, 0.3) is 5.91 Å². The SMILES string of the molecule is CCCOc1c(Cl)cc(C(=O)Nc2nc3ccc(S(C)(=O)=O)cc3s2)cc1OC. The molecule has 0 unspecified atom stereocenters. The van der Waals surface area contributed by atoms with E-state index in [1.54, 1.807) is 12.1 Å². The minimum atomic E-state index is -3.32. The third kappa shape index (κ3) is 4.80. The number of hydrogen-bond acceptors (Lipinski definition) is 7. The van der Waals surface area contributed by atoms with Crippen LogP contribution < -0.4 is 14.8 Å². The number of nitrogens with one attached hydrogen (secondary N) is 1. The molecule has 3 rings (SSSR count). The van der Waals surface area contributed by atoms with Crippen LogP contribution in [-0.4, -0.2) is 39.3 Å². The number of fused-ring (bicyclic) bond motifs is 1. The number of carbonyl (C=O) groups excluding carboxylic acids is 1. The van der Waals surface area contributed by atoms with Gasteiger partial charge in [-0.15, -0.1) is 0 Å². The van der Waals surface area contributed by atoms with E-state index in [9.17, 15) is 13.2 Å². The average Bonchev–Trinajstić information content (AvgIpc) is 3.07. The van der Waals surface area contributed by atoms with Crippen LogP contribution in [0.3, 0.4) is 0 Å². The molecule has 1 aromatic heterocycles. The number of nitrogens with zero attached hydrogens (tertiary/aromatic N) is 1. The van der Waals surface area contributed by atoms with Crippen molar-refractivity contribution in [2.24, 2.45) is 0 Å². The Balaban J connectivity index is 1.87. The first-order chi connectivity index (χ1) is 13.7. The molecule has 29 heavy (non-hydrogen) atoms. The smallest absolute Gasteiger partial charge is 0.257 e. The fourth-order valence-electron chi connectivity index (χ4n) is 2.55. The normalized spacial score (nSPS) is 11.4. The highest BCUT2D eigenvalue weighted by molar-refractivity contribution is 7.90. The summed E-state index contributed by atoms with van der Waals surface area (Å²) < 4.78 is 35.0. The lowest BCUT2D eigenvalue weighted by molar-refractivity contribution is 0.102. The maximum Gasteiger partial charge on any atom is 0.257 e. The number of ether oxygens (including phenoxy) is 2. The van der Waals surface area contributed by atoms with E-state index in [1.807, 2.05) is 6.92 Å². The topological polar surface area (TPSA) is 94.6 Å². The van der Waals surface area contributed by atoms with Crippen LogP contribution >= 0.6 is 22.9 Å². The third-order valence-corrected chi connectivity index (χ3v) is 6.28. The molecule has 0 saturated heterocycles. The van der Waals surface area contributed by atoms with Gasteiger partial charge in [-0.3, -0.25) is 10.1 Å². The number of amides is 1. The van der Waals surface area contributed by atoms with Gasteiger partial charge >= 0.3 is 0 Å². The summed E-state index contributed by atoms with van der Waals surface area (Å²) in [7, 11) is -1.85. The van der Waals surface area contributed by atoms with Crippen molar-refractivity contribution in [3.8, 4) is 11.5 Å². The summed E-state index contributed by atoms with van der Waals surface area (Å²) in [4.78, 5) is 17.2. The van der Waals surface area contributed by atoms with Crippen molar-refractivity contribution in [3.63, 3.8) is 0 Å². The number of carbonyl (C=O) groups is 1. The molecule has 1 heterocycles. The van der Waals surface area contributed by atoms with E-state index < -0.39 is 15.7 Å². The molecule has 0 bridgehead atoms.